The number of rotatable bonds is 5. The van der Waals surface area contributed by atoms with E-state index in [9.17, 15) is 9.18 Å². The molecule has 0 aliphatic rings. The van der Waals surface area contributed by atoms with E-state index in [1.165, 1.54) is 23.5 Å². The van der Waals surface area contributed by atoms with Crippen LogP contribution in [-0.2, 0) is 24.8 Å². The molecule has 0 bridgehead atoms. The predicted octanol–water partition coefficient (Wildman–Crippen LogP) is 3.69. The van der Waals surface area contributed by atoms with Crippen LogP contribution < -0.4 is 5.32 Å². The van der Waals surface area contributed by atoms with Gasteiger partial charge in [-0.15, -0.1) is 11.3 Å². The molecule has 27 heavy (non-hydrogen) atoms. The summed E-state index contributed by atoms with van der Waals surface area (Å²) < 4.78 is 15.3. The summed E-state index contributed by atoms with van der Waals surface area (Å²) >= 11 is 1.40. The van der Waals surface area contributed by atoms with Crippen molar-refractivity contribution in [3.63, 3.8) is 0 Å². The highest BCUT2D eigenvalue weighted by molar-refractivity contribution is 7.13. The van der Waals surface area contributed by atoms with Gasteiger partial charge in [-0.25, -0.2) is 14.4 Å². The standard InChI is InChI=1S/C20H17FN4OS/c1-25-17-8-3-2-7-16(17)24-18(25)11-22-19(26)10-15-12-27-20(23-15)13-5-4-6-14(21)9-13/h2-9,12H,10-11H2,1H3,(H,22,26). The van der Waals surface area contributed by atoms with E-state index < -0.39 is 0 Å². The molecule has 7 heteroatoms. The minimum absolute atomic E-state index is 0.127. The molecular weight excluding hydrogens is 363 g/mol. The third-order valence-corrected chi connectivity index (χ3v) is 5.23. The molecule has 0 aliphatic heterocycles. The average molecular weight is 380 g/mol. The van der Waals surface area contributed by atoms with Crippen molar-refractivity contribution in [1.29, 1.82) is 0 Å². The fourth-order valence-electron chi connectivity index (χ4n) is 2.90. The minimum Gasteiger partial charge on any atom is -0.349 e. The van der Waals surface area contributed by atoms with Gasteiger partial charge in [0.05, 0.1) is 29.7 Å². The second-order valence-electron chi connectivity index (χ2n) is 6.18. The molecule has 0 saturated heterocycles. The maximum atomic E-state index is 13.3. The quantitative estimate of drug-likeness (QED) is 0.574. The number of aromatic nitrogens is 3. The number of imidazole rings is 1. The van der Waals surface area contributed by atoms with Gasteiger partial charge in [-0.05, 0) is 24.3 Å². The minimum atomic E-state index is -0.301. The third-order valence-electron chi connectivity index (χ3n) is 4.29. The Morgan fingerprint density at radius 1 is 1.19 bits per heavy atom. The van der Waals surface area contributed by atoms with Gasteiger partial charge < -0.3 is 9.88 Å². The molecule has 1 N–H and O–H groups in total. The number of para-hydroxylation sites is 2. The first-order valence-corrected chi connectivity index (χ1v) is 9.35. The maximum absolute atomic E-state index is 13.3. The molecule has 136 valence electrons. The zero-order valence-corrected chi connectivity index (χ0v) is 15.5. The van der Waals surface area contributed by atoms with Crippen LogP contribution in [0.15, 0.2) is 53.9 Å². The normalized spacial score (nSPS) is 11.0. The molecule has 0 spiro atoms. The van der Waals surface area contributed by atoms with E-state index in [4.69, 9.17) is 0 Å². The number of nitrogens with zero attached hydrogens (tertiary/aromatic N) is 3. The first kappa shape index (κ1) is 17.4. The van der Waals surface area contributed by atoms with Crippen molar-refractivity contribution < 1.29 is 9.18 Å². The van der Waals surface area contributed by atoms with E-state index in [0.717, 1.165) is 16.9 Å². The number of fused-ring (bicyclic) bond motifs is 1. The van der Waals surface area contributed by atoms with Crippen molar-refractivity contribution in [2.75, 3.05) is 0 Å². The van der Waals surface area contributed by atoms with Crippen LogP contribution in [-0.4, -0.2) is 20.4 Å². The Balaban J connectivity index is 1.40. The lowest BCUT2D eigenvalue weighted by atomic mass is 10.2. The lowest BCUT2D eigenvalue weighted by molar-refractivity contribution is -0.120. The Morgan fingerprint density at radius 2 is 2.04 bits per heavy atom. The van der Waals surface area contributed by atoms with Gasteiger partial charge in [-0.2, -0.15) is 0 Å². The van der Waals surface area contributed by atoms with Crippen LogP contribution in [0.4, 0.5) is 4.39 Å². The second-order valence-corrected chi connectivity index (χ2v) is 7.04. The molecule has 0 aliphatic carbocycles. The van der Waals surface area contributed by atoms with Gasteiger partial charge in [-0.3, -0.25) is 4.79 Å². The van der Waals surface area contributed by atoms with Crippen LogP contribution in [0, 0.1) is 5.82 Å². The van der Waals surface area contributed by atoms with Crippen LogP contribution in [0.1, 0.15) is 11.5 Å². The number of carbonyl (C=O) groups is 1. The number of hydrogen-bond acceptors (Lipinski definition) is 4. The first-order chi connectivity index (χ1) is 13.1. The van der Waals surface area contributed by atoms with E-state index in [1.807, 2.05) is 41.3 Å². The average Bonchev–Trinajstić information content (AvgIpc) is 3.25. The van der Waals surface area contributed by atoms with E-state index in [-0.39, 0.29) is 18.1 Å². The molecule has 5 nitrogen and oxygen atoms in total. The van der Waals surface area contributed by atoms with E-state index in [2.05, 4.69) is 15.3 Å². The number of amides is 1. The van der Waals surface area contributed by atoms with Crippen LogP contribution in [0.5, 0.6) is 0 Å². The Morgan fingerprint density at radius 3 is 2.85 bits per heavy atom. The van der Waals surface area contributed by atoms with Crippen molar-refractivity contribution >= 4 is 28.3 Å². The molecule has 0 atom stereocenters. The molecule has 1 amide bonds. The Kier molecular flexibility index (Phi) is 4.68. The van der Waals surface area contributed by atoms with Gasteiger partial charge in [-0.1, -0.05) is 24.3 Å². The number of hydrogen-bond donors (Lipinski definition) is 1. The lowest BCUT2D eigenvalue weighted by Gasteiger charge is -2.04. The van der Waals surface area contributed by atoms with Crippen molar-refractivity contribution in [1.82, 2.24) is 19.9 Å². The number of benzene rings is 2. The maximum Gasteiger partial charge on any atom is 0.226 e. The van der Waals surface area contributed by atoms with Gasteiger partial charge in [0.1, 0.15) is 16.6 Å². The fraction of sp³-hybridized carbons (Fsp3) is 0.150. The molecule has 2 heterocycles. The Labute approximate surface area is 159 Å². The van der Waals surface area contributed by atoms with Gasteiger partial charge in [0.25, 0.3) is 0 Å². The van der Waals surface area contributed by atoms with Gasteiger partial charge in [0.2, 0.25) is 5.91 Å². The highest BCUT2D eigenvalue weighted by atomic mass is 32.1. The monoisotopic (exact) mass is 380 g/mol. The van der Waals surface area contributed by atoms with E-state index in [1.54, 1.807) is 12.1 Å². The summed E-state index contributed by atoms with van der Waals surface area (Å²) in [6.07, 6.45) is 0.176. The molecule has 0 saturated carbocycles. The van der Waals surface area contributed by atoms with Crippen LogP contribution >= 0.6 is 11.3 Å². The molecule has 2 aromatic carbocycles. The smallest absolute Gasteiger partial charge is 0.226 e. The molecule has 4 rings (SSSR count). The summed E-state index contributed by atoms with van der Waals surface area (Å²) in [4.78, 5) is 21.3. The summed E-state index contributed by atoms with van der Waals surface area (Å²) in [7, 11) is 1.93. The largest absolute Gasteiger partial charge is 0.349 e. The third kappa shape index (κ3) is 3.73. The Hall–Kier alpha value is -3.06. The van der Waals surface area contributed by atoms with Gasteiger partial charge in [0.15, 0.2) is 0 Å². The van der Waals surface area contributed by atoms with Crippen molar-refractivity contribution in [2.45, 2.75) is 13.0 Å². The Bertz CT molecular complexity index is 1120. The van der Waals surface area contributed by atoms with Gasteiger partial charge in [0, 0.05) is 18.0 Å². The lowest BCUT2D eigenvalue weighted by Crippen LogP contribution is -2.26. The van der Waals surface area contributed by atoms with E-state index in [0.29, 0.717) is 22.8 Å². The van der Waals surface area contributed by atoms with Crippen LogP contribution in [0.2, 0.25) is 0 Å². The highest BCUT2D eigenvalue weighted by Crippen LogP contribution is 2.24. The first-order valence-electron chi connectivity index (χ1n) is 8.47. The van der Waals surface area contributed by atoms with Gasteiger partial charge >= 0.3 is 0 Å². The summed E-state index contributed by atoms with van der Waals surface area (Å²) in [5, 5.41) is 5.42. The summed E-state index contributed by atoms with van der Waals surface area (Å²) in [6, 6.07) is 14.1. The SMILES string of the molecule is Cn1c(CNC(=O)Cc2csc(-c3cccc(F)c3)n2)nc2ccccc21. The van der Waals surface area contributed by atoms with E-state index >= 15 is 0 Å². The molecule has 2 aromatic heterocycles. The number of nitrogens with one attached hydrogen (secondary N) is 1. The molecular formula is C20H17FN4OS. The number of halogens is 1. The zero-order chi connectivity index (χ0) is 18.8. The van der Waals surface area contributed by atoms with Crippen molar-refractivity contribution in [2.24, 2.45) is 7.05 Å². The highest BCUT2D eigenvalue weighted by Gasteiger charge is 2.12. The van der Waals surface area contributed by atoms with Crippen LogP contribution in [0.3, 0.4) is 0 Å². The topological polar surface area (TPSA) is 59.8 Å². The molecule has 0 radical (unpaired) electrons. The summed E-state index contributed by atoms with van der Waals surface area (Å²) in [5.41, 5.74) is 3.32. The molecule has 0 fully saturated rings. The number of aryl methyl sites for hydroxylation is 1. The van der Waals surface area contributed by atoms with Crippen molar-refractivity contribution in [3.05, 3.63) is 71.2 Å². The van der Waals surface area contributed by atoms with Crippen LogP contribution in [0.25, 0.3) is 21.6 Å². The predicted molar refractivity (Wildman–Crippen MR) is 104 cm³/mol. The summed E-state index contributed by atoms with van der Waals surface area (Å²) in [5.74, 6) is 0.367. The number of thiazole rings is 1. The second kappa shape index (κ2) is 7.28. The fourth-order valence-corrected chi connectivity index (χ4v) is 3.72. The van der Waals surface area contributed by atoms with Crippen molar-refractivity contribution in [3.8, 4) is 10.6 Å². The zero-order valence-electron chi connectivity index (χ0n) is 14.6. The molecule has 0 unspecified atom stereocenters. The molecule has 4 aromatic rings. The number of carbonyl (C=O) groups excluding carboxylic acids is 1. The summed E-state index contributed by atoms with van der Waals surface area (Å²) in [6.45, 7) is 0.352.